The third-order valence-electron chi connectivity index (χ3n) is 6.08. The van der Waals surface area contributed by atoms with Gasteiger partial charge in [0.05, 0.1) is 5.56 Å². The van der Waals surface area contributed by atoms with Crippen molar-refractivity contribution in [3.8, 4) is 0 Å². The van der Waals surface area contributed by atoms with Crippen LogP contribution in [0.25, 0.3) is 5.76 Å². The molecule has 31 heavy (non-hydrogen) atoms. The standard InChI is InChI=1S/C27H29N2O2/c1-27(2)23-16-19(28(3)4)12-14-21(23)25(31-26(30)18-10-8-7-9-11-18)22-15-13-20(29(5)6)17-24(22)27/h7-17H,1-6H3/q+1. The van der Waals surface area contributed by atoms with Gasteiger partial charge in [-0.1, -0.05) is 32.0 Å². The number of rotatable bonds is 3. The fourth-order valence-electron chi connectivity index (χ4n) is 4.18. The van der Waals surface area contributed by atoms with Gasteiger partial charge in [-0.25, -0.2) is 9.37 Å². The van der Waals surface area contributed by atoms with Gasteiger partial charge in [0.25, 0.3) is 0 Å². The molecule has 2 aliphatic rings. The minimum Gasteiger partial charge on any atom is -0.422 e. The van der Waals surface area contributed by atoms with Gasteiger partial charge in [-0.05, 0) is 47.5 Å². The molecule has 0 aromatic heterocycles. The maximum atomic E-state index is 13.0. The summed E-state index contributed by atoms with van der Waals surface area (Å²) < 4.78 is 8.17. The highest BCUT2D eigenvalue weighted by atomic mass is 16.5. The number of nitrogens with zero attached hydrogens (tertiary/aromatic N) is 2. The largest absolute Gasteiger partial charge is 0.422 e. The van der Waals surface area contributed by atoms with E-state index in [1.54, 1.807) is 12.1 Å². The molecule has 0 bridgehead atoms. The topological polar surface area (TPSA) is 32.5 Å². The molecule has 0 N–H and O–H groups in total. The Morgan fingerprint density at radius 1 is 1.00 bits per heavy atom. The van der Waals surface area contributed by atoms with Crippen LogP contribution in [-0.2, 0) is 10.2 Å². The molecule has 2 aliphatic carbocycles. The van der Waals surface area contributed by atoms with Gasteiger partial charge in [0, 0.05) is 48.5 Å². The molecule has 0 aliphatic heterocycles. The lowest BCUT2D eigenvalue weighted by molar-refractivity contribution is -0.462. The summed E-state index contributed by atoms with van der Waals surface area (Å²) in [4.78, 5) is 15.1. The molecule has 2 aromatic carbocycles. The first-order valence-electron chi connectivity index (χ1n) is 10.5. The number of fused-ring (bicyclic) bond motifs is 2. The Labute approximate surface area is 184 Å². The molecule has 4 rings (SSSR count). The van der Waals surface area contributed by atoms with Crippen LogP contribution in [0.5, 0.6) is 0 Å². The molecular weight excluding hydrogens is 384 g/mol. The molecule has 4 heteroatoms. The number of ether oxygens (including phenoxy) is 1. The third-order valence-corrected chi connectivity index (χ3v) is 6.08. The second kappa shape index (κ2) is 7.69. The van der Waals surface area contributed by atoms with Crippen LogP contribution in [0.1, 0.15) is 35.3 Å². The molecular formula is C27H29N2O2+. The molecule has 0 saturated carbocycles. The highest BCUT2D eigenvalue weighted by Crippen LogP contribution is 2.49. The number of carbonyl (C=O) groups is 1. The molecule has 2 aromatic rings. The summed E-state index contributed by atoms with van der Waals surface area (Å²) in [5.74, 6) is 0.273. The quantitative estimate of drug-likeness (QED) is 0.534. The van der Waals surface area contributed by atoms with Crippen molar-refractivity contribution in [1.82, 2.24) is 0 Å². The highest BCUT2D eigenvalue weighted by Gasteiger charge is 2.40. The van der Waals surface area contributed by atoms with Crippen molar-refractivity contribution in [2.24, 2.45) is 0 Å². The number of benzene rings is 2. The van der Waals surface area contributed by atoms with Gasteiger partial charge in [-0.15, -0.1) is 0 Å². The zero-order valence-corrected chi connectivity index (χ0v) is 19.1. The van der Waals surface area contributed by atoms with Crippen molar-refractivity contribution in [1.29, 1.82) is 0 Å². The Kier molecular flexibility index (Phi) is 5.18. The predicted octanol–water partition coefficient (Wildman–Crippen LogP) is 4.82. The van der Waals surface area contributed by atoms with Crippen molar-refractivity contribution in [2.75, 3.05) is 33.1 Å². The molecule has 0 heterocycles. The molecule has 4 nitrogen and oxygen atoms in total. The van der Waals surface area contributed by atoms with Gasteiger partial charge in [0.15, 0.2) is 5.71 Å². The summed E-state index contributed by atoms with van der Waals surface area (Å²) in [6, 6.07) is 15.5. The normalized spacial score (nSPS) is 16.3. The van der Waals surface area contributed by atoms with E-state index < -0.39 is 0 Å². The Morgan fingerprint density at radius 2 is 1.71 bits per heavy atom. The Bertz CT molecular complexity index is 1170. The van der Waals surface area contributed by atoms with E-state index >= 15 is 0 Å². The zero-order valence-electron chi connectivity index (χ0n) is 19.1. The van der Waals surface area contributed by atoms with Crippen LogP contribution in [0.2, 0.25) is 0 Å². The summed E-state index contributed by atoms with van der Waals surface area (Å²) in [6.45, 7) is 4.47. The average Bonchev–Trinajstić information content (AvgIpc) is 2.76. The van der Waals surface area contributed by atoms with Crippen LogP contribution in [0, 0.1) is 0 Å². The van der Waals surface area contributed by atoms with Crippen LogP contribution in [0.3, 0.4) is 0 Å². The van der Waals surface area contributed by atoms with Gasteiger partial charge in [-0.3, -0.25) is 0 Å². The van der Waals surface area contributed by atoms with Gasteiger partial charge in [0.2, 0.25) is 0 Å². The summed E-state index contributed by atoms with van der Waals surface area (Å²) in [5.41, 5.74) is 6.76. The lowest BCUT2D eigenvalue weighted by Crippen LogP contribution is -2.31. The van der Waals surface area contributed by atoms with E-state index in [0.717, 1.165) is 33.7 Å². The Morgan fingerprint density at radius 3 is 2.35 bits per heavy atom. The second-order valence-corrected chi connectivity index (χ2v) is 8.96. The van der Waals surface area contributed by atoms with E-state index in [1.165, 1.54) is 0 Å². The van der Waals surface area contributed by atoms with Crippen molar-refractivity contribution in [2.45, 2.75) is 19.3 Å². The molecule has 0 saturated heterocycles. The molecule has 0 fully saturated rings. The van der Waals surface area contributed by atoms with E-state index in [4.69, 9.17) is 4.74 Å². The first-order valence-corrected chi connectivity index (χ1v) is 10.5. The third kappa shape index (κ3) is 3.63. The number of esters is 1. The maximum absolute atomic E-state index is 13.0. The summed E-state index contributed by atoms with van der Waals surface area (Å²) in [7, 11) is 8.15. The Balaban J connectivity index is 1.93. The number of anilines is 1. The molecule has 0 spiro atoms. The van der Waals surface area contributed by atoms with Crippen molar-refractivity contribution in [3.63, 3.8) is 0 Å². The van der Waals surface area contributed by atoms with Crippen LogP contribution in [0.4, 0.5) is 5.69 Å². The van der Waals surface area contributed by atoms with E-state index in [0.29, 0.717) is 11.3 Å². The predicted molar refractivity (Wildman–Crippen MR) is 127 cm³/mol. The smallest absolute Gasteiger partial charge is 0.343 e. The lowest BCUT2D eigenvalue weighted by atomic mass is 9.67. The van der Waals surface area contributed by atoms with Gasteiger partial charge < -0.3 is 9.64 Å². The fourth-order valence-corrected chi connectivity index (χ4v) is 4.18. The molecule has 0 unspecified atom stereocenters. The molecule has 158 valence electrons. The van der Waals surface area contributed by atoms with Crippen LogP contribution in [0.15, 0.2) is 77.9 Å². The average molecular weight is 414 g/mol. The highest BCUT2D eigenvalue weighted by molar-refractivity contribution is 6.06. The van der Waals surface area contributed by atoms with E-state index in [1.807, 2.05) is 46.4 Å². The van der Waals surface area contributed by atoms with Gasteiger partial charge >= 0.3 is 5.97 Å². The van der Waals surface area contributed by atoms with E-state index in [9.17, 15) is 4.79 Å². The van der Waals surface area contributed by atoms with Crippen molar-refractivity contribution >= 4 is 23.1 Å². The number of hydrogen-bond acceptors (Lipinski definition) is 3. The number of allylic oxidation sites excluding steroid dienone is 5. The minimum absolute atomic E-state index is 0.245. The first-order chi connectivity index (χ1) is 14.7. The van der Waals surface area contributed by atoms with Crippen LogP contribution in [-0.4, -0.2) is 44.4 Å². The molecule has 0 atom stereocenters. The van der Waals surface area contributed by atoms with Crippen molar-refractivity contribution < 1.29 is 14.1 Å². The minimum atomic E-state index is -0.347. The number of hydrogen-bond donors (Lipinski definition) is 0. The lowest BCUT2D eigenvalue weighted by Gasteiger charge is -2.38. The SMILES string of the molecule is CN(C)c1ccc2c(c1)C(C)(C)C1=CC(=[N+](C)C)C=CC1=C2OC(=O)c1ccccc1. The van der Waals surface area contributed by atoms with E-state index in [2.05, 4.69) is 59.8 Å². The fraction of sp³-hybridized carbons (Fsp3) is 0.259. The number of carbonyl (C=O) groups excluding carboxylic acids is 1. The molecule has 0 amide bonds. The summed E-state index contributed by atoms with van der Waals surface area (Å²) >= 11 is 0. The monoisotopic (exact) mass is 413 g/mol. The van der Waals surface area contributed by atoms with Gasteiger partial charge in [0.1, 0.15) is 19.9 Å². The van der Waals surface area contributed by atoms with E-state index in [-0.39, 0.29) is 11.4 Å². The Hall–Kier alpha value is -3.40. The summed E-state index contributed by atoms with van der Waals surface area (Å²) in [6.07, 6.45) is 6.35. The first kappa shape index (κ1) is 20.9. The van der Waals surface area contributed by atoms with Crippen molar-refractivity contribution in [3.05, 3.63) is 94.6 Å². The second-order valence-electron chi connectivity index (χ2n) is 8.96. The van der Waals surface area contributed by atoms with Crippen LogP contribution >= 0.6 is 0 Å². The summed E-state index contributed by atoms with van der Waals surface area (Å²) in [5, 5.41) is 0. The maximum Gasteiger partial charge on any atom is 0.343 e. The van der Waals surface area contributed by atoms with Gasteiger partial charge in [-0.2, -0.15) is 0 Å². The molecule has 0 radical (unpaired) electrons. The zero-order chi connectivity index (χ0) is 22.3. The van der Waals surface area contributed by atoms with Crippen LogP contribution < -0.4 is 4.90 Å².